The van der Waals surface area contributed by atoms with E-state index in [0.717, 1.165) is 0 Å². The van der Waals surface area contributed by atoms with Crippen molar-refractivity contribution in [2.45, 2.75) is 0 Å². The van der Waals surface area contributed by atoms with Crippen molar-refractivity contribution in [2.75, 3.05) is 0 Å². The summed E-state index contributed by atoms with van der Waals surface area (Å²) in [6.45, 7) is 3.63. The molecule has 0 heterocycles. The van der Waals surface area contributed by atoms with Gasteiger partial charge in [-0.2, -0.15) is 0 Å². The number of hydrogen-bond donors (Lipinski definition) is 0. The van der Waals surface area contributed by atoms with E-state index in [1.165, 1.54) is 5.56 Å². The second-order valence-electron chi connectivity index (χ2n) is 2.77. The lowest BCUT2D eigenvalue weighted by Crippen LogP contribution is -1.63. The molecule has 1 nitrogen and oxygen atoms in total. The average molecular weight is 200 g/mol. The Morgan fingerprint density at radius 2 is 1.00 bits per heavy atom. The molecule has 0 atom stereocenters. The molecule has 2 aromatic rings. The molecule has 0 saturated heterocycles. The van der Waals surface area contributed by atoms with Gasteiger partial charge in [0.2, 0.25) is 0 Å². The fourth-order valence-electron chi connectivity index (χ4n) is 0.974. The zero-order valence-corrected chi connectivity index (χ0v) is 8.64. The highest BCUT2D eigenvalue weighted by Gasteiger charge is 1.75. The predicted octanol–water partition coefficient (Wildman–Crippen LogP) is 3.19. The lowest BCUT2D eigenvalue weighted by atomic mass is 10.2. The highest BCUT2D eigenvalue weighted by Crippen LogP contribution is 1.97. The molecule has 2 rings (SSSR count). The Morgan fingerprint density at radius 3 is 1.27 bits per heavy atom. The molecule has 0 aromatic heterocycles. The first-order valence-corrected chi connectivity index (χ1v) is 4.61. The number of hydrogen-bond acceptors (Lipinski definition) is 0. The maximum Gasteiger partial charge on any atom is -0.0263 e. The average Bonchev–Trinajstić information content (AvgIpc) is 2.33. The molecule has 0 unspecified atom stereocenters. The Balaban J connectivity index is 0.000000253. The SMILES string of the molecule is C=Cc1ccccc1.O.c1ccccc1. The van der Waals surface area contributed by atoms with Crippen molar-refractivity contribution in [1.29, 1.82) is 0 Å². The molecule has 0 aliphatic heterocycles. The van der Waals surface area contributed by atoms with Crippen molar-refractivity contribution < 1.29 is 5.48 Å². The molecule has 0 radical (unpaired) electrons. The molecule has 0 aliphatic rings. The third-order valence-corrected chi connectivity index (χ3v) is 1.70. The summed E-state index contributed by atoms with van der Waals surface area (Å²) < 4.78 is 0. The summed E-state index contributed by atoms with van der Waals surface area (Å²) in [5.41, 5.74) is 1.17. The van der Waals surface area contributed by atoms with Crippen LogP contribution in [-0.2, 0) is 0 Å². The van der Waals surface area contributed by atoms with Gasteiger partial charge in [-0.15, -0.1) is 0 Å². The maximum atomic E-state index is 3.63. The van der Waals surface area contributed by atoms with Crippen LogP contribution in [0.1, 0.15) is 5.56 Å². The van der Waals surface area contributed by atoms with Gasteiger partial charge >= 0.3 is 0 Å². The molecule has 0 spiro atoms. The minimum absolute atomic E-state index is 0. The number of benzene rings is 2. The van der Waals surface area contributed by atoms with E-state index in [1.807, 2.05) is 72.8 Å². The molecule has 0 bridgehead atoms. The molecule has 2 N–H and O–H groups in total. The topological polar surface area (TPSA) is 31.5 Å². The molecule has 0 amide bonds. The fraction of sp³-hybridized carbons (Fsp3) is 0. The van der Waals surface area contributed by atoms with Gasteiger partial charge in [-0.1, -0.05) is 79.4 Å². The minimum atomic E-state index is 0. The molecular formula is C14H16O. The minimum Gasteiger partial charge on any atom is -0.412 e. The molecule has 0 aliphatic carbocycles. The summed E-state index contributed by atoms with van der Waals surface area (Å²) in [7, 11) is 0. The van der Waals surface area contributed by atoms with Crippen LogP contribution in [-0.4, -0.2) is 5.48 Å². The van der Waals surface area contributed by atoms with Crippen LogP contribution in [0.4, 0.5) is 0 Å². The van der Waals surface area contributed by atoms with Gasteiger partial charge in [0.15, 0.2) is 0 Å². The van der Waals surface area contributed by atoms with E-state index in [2.05, 4.69) is 6.58 Å². The quantitative estimate of drug-likeness (QED) is 0.677. The predicted molar refractivity (Wildman–Crippen MR) is 66.6 cm³/mol. The van der Waals surface area contributed by atoms with Crippen LogP contribution in [0.15, 0.2) is 73.3 Å². The zero-order valence-electron chi connectivity index (χ0n) is 8.64. The Bertz CT molecular complexity index is 314. The molecule has 1 heteroatoms. The van der Waals surface area contributed by atoms with E-state index in [4.69, 9.17) is 0 Å². The Labute approximate surface area is 91.0 Å². The highest BCUT2D eigenvalue weighted by atomic mass is 16.0. The van der Waals surface area contributed by atoms with Crippen LogP contribution in [0.5, 0.6) is 0 Å². The van der Waals surface area contributed by atoms with Crippen LogP contribution >= 0.6 is 0 Å². The Hall–Kier alpha value is -1.86. The lowest BCUT2D eigenvalue weighted by molar-refractivity contribution is 0.824. The molecule has 2 aromatic carbocycles. The van der Waals surface area contributed by atoms with Crippen molar-refractivity contribution in [2.24, 2.45) is 0 Å². The third kappa shape index (κ3) is 6.24. The van der Waals surface area contributed by atoms with E-state index < -0.39 is 0 Å². The van der Waals surface area contributed by atoms with Gasteiger partial charge in [-0.25, -0.2) is 0 Å². The van der Waals surface area contributed by atoms with Crippen molar-refractivity contribution >= 4 is 6.08 Å². The first kappa shape index (κ1) is 13.1. The summed E-state index contributed by atoms with van der Waals surface area (Å²) in [5, 5.41) is 0. The van der Waals surface area contributed by atoms with Crippen molar-refractivity contribution in [3.63, 3.8) is 0 Å². The summed E-state index contributed by atoms with van der Waals surface area (Å²) in [6.07, 6.45) is 1.83. The summed E-state index contributed by atoms with van der Waals surface area (Å²) in [6, 6.07) is 22.0. The lowest BCUT2D eigenvalue weighted by Gasteiger charge is -1.85. The molecule has 0 saturated carbocycles. The van der Waals surface area contributed by atoms with Gasteiger partial charge in [0.25, 0.3) is 0 Å². The van der Waals surface area contributed by atoms with Crippen LogP contribution in [0.2, 0.25) is 0 Å². The monoisotopic (exact) mass is 200 g/mol. The smallest absolute Gasteiger partial charge is 0.0263 e. The summed E-state index contributed by atoms with van der Waals surface area (Å²) in [4.78, 5) is 0. The van der Waals surface area contributed by atoms with Gasteiger partial charge in [0, 0.05) is 0 Å². The van der Waals surface area contributed by atoms with E-state index in [-0.39, 0.29) is 5.48 Å². The normalized spacial score (nSPS) is 7.73. The van der Waals surface area contributed by atoms with Crippen LogP contribution in [0.25, 0.3) is 6.08 Å². The number of rotatable bonds is 1. The van der Waals surface area contributed by atoms with E-state index in [9.17, 15) is 0 Å². The van der Waals surface area contributed by atoms with E-state index in [1.54, 1.807) is 0 Å². The maximum absolute atomic E-state index is 3.63. The van der Waals surface area contributed by atoms with Crippen molar-refractivity contribution in [3.05, 3.63) is 78.9 Å². The third-order valence-electron chi connectivity index (χ3n) is 1.70. The van der Waals surface area contributed by atoms with Gasteiger partial charge in [0.1, 0.15) is 0 Å². The van der Waals surface area contributed by atoms with Gasteiger partial charge in [0.05, 0.1) is 0 Å². The van der Waals surface area contributed by atoms with Gasteiger partial charge in [-0.3, -0.25) is 0 Å². The second-order valence-corrected chi connectivity index (χ2v) is 2.77. The van der Waals surface area contributed by atoms with Crippen LogP contribution in [0, 0.1) is 0 Å². The highest BCUT2D eigenvalue weighted by molar-refractivity contribution is 5.45. The van der Waals surface area contributed by atoms with Crippen LogP contribution in [0.3, 0.4) is 0 Å². The standard InChI is InChI=1S/C8H8.C6H6.H2O/c1-2-8-6-4-3-5-7-8;1-2-4-6-5-3-1;/h2-7H,1H2;1-6H;1H2. The molecule has 0 fully saturated rings. The van der Waals surface area contributed by atoms with Crippen LogP contribution < -0.4 is 0 Å². The molecule has 15 heavy (non-hydrogen) atoms. The van der Waals surface area contributed by atoms with E-state index in [0.29, 0.717) is 0 Å². The van der Waals surface area contributed by atoms with Crippen molar-refractivity contribution in [3.8, 4) is 0 Å². The Morgan fingerprint density at radius 1 is 0.667 bits per heavy atom. The molecule has 78 valence electrons. The van der Waals surface area contributed by atoms with E-state index >= 15 is 0 Å². The second kappa shape index (κ2) is 8.73. The first-order valence-electron chi connectivity index (χ1n) is 4.61. The largest absolute Gasteiger partial charge is 0.412 e. The van der Waals surface area contributed by atoms with Crippen molar-refractivity contribution in [1.82, 2.24) is 0 Å². The first-order chi connectivity index (χ1) is 6.93. The zero-order chi connectivity index (χ0) is 10.1. The molecular weight excluding hydrogens is 184 g/mol. The van der Waals surface area contributed by atoms with Gasteiger partial charge in [-0.05, 0) is 5.56 Å². The summed E-state index contributed by atoms with van der Waals surface area (Å²) >= 11 is 0. The fourth-order valence-corrected chi connectivity index (χ4v) is 0.974. The van der Waals surface area contributed by atoms with Gasteiger partial charge < -0.3 is 5.48 Å². The summed E-state index contributed by atoms with van der Waals surface area (Å²) in [5.74, 6) is 0. The Kier molecular flexibility index (Phi) is 7.64.